The Hall–Kier alpha value is -1.07. The standard InChI is InChI=1S/C15H23NO3S/c1-2-20(17,18)15-9-4-3-8-14(15)16-11-10-13-7-5-6-12-19-13/h3-4,8-9,13,16H,2,5-7,10-12H2,1H3. The molecule has 0 radical (unpaired) electrons. The van der Waals surface area contributed by atoms with Gasteiger partial charge in [-0.05, 0) is 37.8 Å². The highest BCUT2D eigenvalue weighted by Gasteiger charge is 2.17. The van der Waals surface area contributed by atoms with E-state index in [-0.39, 0.29) is 5.75 Å². The van der Waals surface area contributed by atoms with Crippen molar-refractivity contribution in [1.29, 1.82) is 0 Å². The van der Waals surface area contributed by atoms with Crippen LogP contribution in [0.2, 0.25) is 0 Å². The molecule has 20 heavy (non-hydrogen) atoms. The van der Waals surface area contributed by atoms with E-state index in [2.05, 4.69) is 5.32 Å². The summed E-state index contributed by atoms with van der Waals surface area (Å²) < 4.78 is 29.7. The van der Waals surface area contributed by atoms with Gasteiger partial charge in [-0.3, -0.25) is 0 Å². The summed E-state index contributed by atoms with van der Waals surface area (Å²) in [6, 6.07) is 7.11. The average molecular weight is 297 g/mol. The van der Waals surface area contributed by atoms with Crippen LogP contribution in [0.15, 0.2) is 29.2 Å². The van der Waals surface area contributed by atoms with Gasteiger partial charge in [0.2, 0.25) is 0 Å². The summed E-state index contributed by atoms with van der Waals surface area (Å²) >= 11 is 0. The van der Waals surface area contributed by atoms with E-state index < -0.39 is 9.84 Å². The van der Waals surface area contributed by atoms with E-state index in [0.29, 0.717) is 16.7 Å². The molecule has 4 nitrogen and oxygen atoms in total. The van der Waals surface area contributed by atoms with Gasteiger partial charge in [-0.1, -0.05) is 19.1 Å². The minimum atomic E-state index is -3.18. The molecule has 1 aromatic carbocycles. The van der Waals surface area contributed by atoms with E-state index in [1.165, 1.54) is 6.42 Å². The van der Waals surface area contributed by atoms with Crippen LogP contribution >= 0.6 is 0 Å². The van der Waals surface area contributed by atoms with Gasteiger partial charge in [0.1, 0.15) is 0 Å². The zero-order chi connectivity index (χ0) is 14.4. The van der Waals surface area contributed by atoms with E-state index in [1.807, 2.05) is 12.1 Å². The minimum Gasteiger partial charge on any atom is -0.384 e. The Morgan fingerprint density at radius 1 is 1.30 bits per heavy atom. The number of para-hydroxylation sites is 1. The van der Waals surface area contributed by atoms with Crippen molar-refractivity contribution in [2.45, 2.75) is 43.6 Å². The molecule has 2 rings (SSSR count). The molecular weight excluding hydrogens is 274 g/mol. The molecule has 1 heterocycles. The van der Waals surface area contributed by atoms with Gasteiger partial charge < -0.3 is 10.1 Å². The smallest absolute Gasteiger partial charge is 0.180 e. The molecule has 0 bridgehead atoms. The molecule has 1 aliphatic rings. The van der Waals surface area contributed by atoms with E-state index >= 15 is 0 Å². The second-order valence-electron chi connectivity index (χ2n) is 5.10. The van der Waals surface area contributed by atoms with E-state index in [9.17, 15) is 8.42 Å². The van der Waals surface area contributed by atoms with Crippen LogP contribution in [-0.4, -0.2) is 33.4 Å². The van der Waals surface area contributed by atoms with Crippen LogP contribution in [0.25, 0.3) is 0 Å². The van der Waals surface area contributed by atoms with Crippen LogP contribution in [0.3, 0.4) is 0 Å². The second kappa shape index (κ2) is 7.09. The summed E-state index contributed by atoms with van der Waals surface area (Å²) in [7, 11) is -3.18. The number of anilines is 1. The van der Waals surface area contributed by atoms with Crippen molar-refractivity contribution in [2.24, 2.45) is 0 Å². The predicted molar refractivity (Wildman–Crippen MR) is 80.9 cm³/mol. The number of sulfone groups is 1. The highest BCUT2D eigenvalue weighted by Crippen LogP contribution is 2.22. The van der Waals surface area contributed by atoms with Crippen molar-refractivity contribution in [3.8, 4) is 0 Å². The quantitative estimate of drug-likeness (QED) is 0.877. The Labute approximate surface area is 121 Å². The number of hydrogen-bond acceptors (Lipinski definition) is 4. The lowest BCUT2D eigenvalue weighted by Gasteiger charge is -2.23. The average Bonchev–Trinajstić information content (AvgIpc) is 2.49. The van der Waals surface area contributed by atoms with Gasteiger partial charge in [-0.2, -0.15) is 0 Å². The molecule has 5 heteroatoms. The number of benzene rings is 1. The summed E-state index contributed by atoms with van der Waals surface area (Å²) in [5, 5.41) is 3.24. The van der Waals surface area contributed by atoms with E-state index in [4.69, 9.17) is 4.74 Å². The molecule has 112 valence electrons. The van der Waals surface area contributed by atoms with E-state index in [1.54, 1.807) is 19.1 Å². The lowest BCUT2D eigenvalue weighted by molar-refractivity contribution is 0.0134. The summed E-state index contributed by atoms with van der Waals surface area (Å²) in [5.41, 5.74) is 0.699. The highest BCUT2D eigenvalue weighted by atomic mass is 32.2. The maximum atomic E-state index is 12.0. The molecule has 1 aromatic rings. The van der Waals surface area contributed by atoms with E-state index in [0.717, 1.165) is 32.4 Å². The molecule has 1 aliphatic heterocycles. The monoisotopic (exact) mass is 297 g/mol. The molecule has 1 atom stereocenters. The van der Waals surface area contributed by atoms with Crippen LogP contribution in [0.4, 0.5) is 5.69 Å². The SMILES string of the molecule is CCS(=O)(=O)c1ccccc1NCCC1CCCCO1. The van der Waals surface area contributed by atoms with Crippen molar-refractivity contribution in [3.63, 3.8) is 0 Å². The fourth-order valence-electron chi connectivity index (χ4n) is 2.44. The first-order valence-corrected chi connectivity index (χ1v) is 8.96. The van der Waals surface area contributed by atoms with Gasteiger partial charge in [0.15, 0.2) is 9.84 Å². The highest BCUT2D eigenvalue weighted by molar-refractivity contribution is 7.91. The van der Waals surface area contributed by atoms with Gasteiger partial charge in [-0.25, -0.2) is 8.42 Å². The van der Waals surface area contributed by atoms with Crippen LogP contribution < -0.4 is 5.32 Å². The van der Waals surface area contributed by atoms with Crippen LogP contribution in [0.1, 0.15) is 32.6 Å². The molecule has 0 aliphatic carbocycles. The lowest BCUT2D eigenvalue weighted by Crippen LogP contribution is -2.22. The minimum absolute atomic E-state index is 0.122. The van der Waals surface area contributed by atoms with Crippen molar-refractivity contribution in [2.75, 3.05) is 24.2 Å². The van der Waals surface area contributed by atoms with Gasteiger partial charge in [0.25, 0.3) is 0 Å². The fraction of sp³-hybridized carbons (Fsp3) is 0.600. The topological polar surface area (TPSA) is 55.4 Å². The molecule has 0 amide bonds. The van der Waals surface area contributed by atoms with Gasteiger partial charge in [0, 0.05) is 13.2 Å². The number of rotatable bonds is 6. The largest absolute Gasteiger partial charge is 0.384 e. The van der Waals surface area contributed by atoms with Gasteiger partial charge >= 0.3 is 0 Å². The summed E-state index contributed by atoms with van der Waals surface area (Å²) in [5.74, 6) is 0.122. The lowest BCUT2D eigenvalue weighted by atomic mass is 10.1. The molecular formula is C15H23NO3S. The predicted octanol–water partition coefficient (Wildman–Crippen LogP) is 2.85. The third-order valence-corrected chi connectivity index (χ3v) is 5.44. The third-order valence-electron chi connectivity index (χ3n) is 3.66. The Kier molecular flexibility index (Phi) is 5.43. The van der Waals surface area contributed by atoms with Crippen molar-refractivity contribution in [3.05, 3.63) is 24.3 Å². The number of nitrogens with one attached hydrogen (secondary N) is 1. The van der Waals surface area contributed by atoms with Crippen LogP contribution in [-0.2, 0) is 14.6 Å². The number of hydrogen-bond donors (Lipinski definition) is 1. The summed E-state index contributed by atoms with van der Waals surface area (Å²) in [6.07, 6.45) is 4.72. The first kappa shape index (κ1) is 15.3. The molecule has 1 N–H and O–H groups in total. The molecule has 0 spiro atoms. The molecule has 1 saturated heterocycles. The van der Waals surface area contributed by atoms with Gasteiger partial charge in [0.05, 0.1) is 22.4 Å². The van der Waals surface area contributed by atoms with Crippen LogP contribution in [0.5, 0.6) is 0 Å². The Balaban J connectivity index is 1.95. The Morgan fingerprint density at radius 3 is 2.80 bits per heavy atom. The zero-order valence-electron chi connectivity index (χ0n) is 12.0. The number of ether oxygens (including phenoxy) is 1. The normalized spacial score (nSPS) is 19.8. The fourth-order valence-corrected chi connectivity index (χ4v) is 3.51. The van der Waals surface area contributed by atoms with Crippen LogP contribution in [0, 0.1) is 0 Å². The first-order valence-electron chi connectivity index (χ1n) is 7.31. The van der Waals surface area contributed by atoms with Crippen molar-refractivity contribution < 1.29 is 13.2 Å². The maximum Gasteiger partial charge on any atom is 0.180 e. The third kappa shape index (κ3) is 3.96. The molecule has 0 aromatic heterocycles. The molecule has 1 fully saturated rings. The first-order chi connectivity index (χ1) is 9.63. The molecule has 0 saturated carbocycles. The van der Waals surface area contributed by atoms with Crippen molar-refractivity contribution >= 4 is 15.5 Å². The van der Waals surface area contributed by atoms with Gasteiger partial charge in [-0.15, -0.1) is 0 Å². The summed E-state index contributed by atoms with van der Waals surface area (Å²) in [6.45, 7) is 3.26. The maximum absolute atomic E-state index is 12.0. The second-order valence-corrected chi connectivity index (χ2v) is 7.35. The Morgan fingerprint density at radius 2 is 2.10 bits per heavy atom. The van der Waals surface area contributed by atoms with Crippen molar-refractivity contribution in [1.82, 2.24) is 0 Å². The molecule has 1 unspecified atom stereocenters. The Bertz CT molecular complexity index is 522. The zero-order valence-corrected chi connectivity index (χ0v) is 12.8. The summed E-state index contributed by atoms with van der Waals surface area (Å²) in [4.78, 5) is 0.395.